The lowest BCUT2D eigenvalue weighted by molar-refractivity contribution is -0.146. The summed E-state index contributed by atoms with van der Waals surface area (Å²) in [6.07, 6.45) is 5.40. The van der Waals surface area contributed by atoms with Gasteiger partial charge in [-0.3, -0.25) is 4.79 Å². The molecule has 0 aromatic carbocycles. The molecule has 1 saturated heterocycles. The first kappa shape index (κ1) is 15.2. The van der Waals surface area contributed by atoms with Crippen LogP contribution in [0.2, 0.25) is 0 Å². The van der Waals surface area contributed by atoms with Crippen molar-refractivity contribution < 1.29 is 9.53 Å². The Morgan fingerprint density at radius 1 is 1.56 bits per heavy atom. The van der Waals surface area contributed by atoms with E-state index in [-0.39, 0.29) is 24.1 Å². The Morgan fingerprint density at radius 3 is 2.89 bits per heavy atom. The average molecular weight is 254 g/mol. The maximum absolute atomic E-state index is 12.3. The van der Waals surface area contributed by atoms with Crippen molar-refractivity contribution in [1.82, 2.24) is 4.90 Å². The van der Waals surface area contributed by atoms with Gasteiger partial charge in [-0.2, -0.15) is 0 Å². The van der Waals surface area contributed by atoms with Gasteiger partial charge in [0.25, 0.3) is 5.91 Å². The topological polar surface area (TPSA) is 55.6 Å². The Kier molecular flexibility index (Phi) is 6.36. The van der Waals surface area contributed by atoms with Gasteiger partial charge in [0.1, 0.15) is 6.10 Å². The molecule has 0 radical (unpaired) electrons. The summed E-state index contributed by atoms with van der Waals surface area (Å²) < 4.78 is 5.52. The Morgan fingerprint density at radius 2 is 2.28 bits per heavy atom. The van der Waals surface area contributed by atoms with Crippen molar-refractivity contribution in [3.05, 3.63) is 12.7 Å². The molecule has 1 aliphatic rings. The van der Waals surface area contributed by atoms with Gasteiger partial charge >= 0.3 is 0 Å². The van der Waals surface area contributed by atoms with E-state index in [1.54, 1.807) is 6.08 Å². The number of nitrogens with zero attached hydrogens (tertiary/aromatic N) is 1. The fourth-order valence-corrected chi connectivity index (χ4v) is 2.41. The number of carbonyl (C=O) groups is 1. The second-order valence-electron chi connectivity index (χ2n) is 5.04. The molecule has 1 aliphatic heterocycles. The van der Waals surface area contributed by atoms with Crippen LogP contribution in [0.5, 0.6) is 0 Å². The molecule has 4 nitrogen and oxygen atoms in total. The summed E-state index contributed by atoms with van der Waals surface area (Å²) in [4.78, 5) is 14.2. The summed E-state index contributed by atoms with van der Waals surface area (Å²) in [5.41, 5.74) is 5.97. The van der Waals surface area contributed by atoms with Gasteiger partial charge in [-0.1, -0.05) is 6.08 Å². The number of ether oxygens (including phenoxy) is 1. The molecule has 1 fully saturated rings. The van der Waals surface area contributed by atoms with Crippen LogP contribution in [0.3, 0.4) is 0 Å². The minimum absolute atomic E-state index is 0.0228. The van der Waals surface area contributed by atoms with Gasteiger partial charge in [0.15, 0.2) is 0 Å². The van der Waals surface area contributed by atoms with Crippen molar-refractivity contribution in [3.63, 3.8) is 0 Å². The lowest BCUT2D eigenvalue weighted by atomic mass is 9.96. The molecule has 1 rings (SSSR count). The van der Waals surface area contributed by atoms with Crippen LogP contribution in [0, 0.1) is 0 Å². The van der Waals surface area contributed by atoms with E-state index in [9.17, 15) is 4.79 Å². The first-order valence-electron chi connectivity index (χ1n) is 6.86. The first-order valence-corrected chi connectivity index (χ1v) is 6.86. The number of amides is 1. The molecule has 0 aliphatic carbocycles. The van der Waals surface area contributed by atoms with E-state index in [1.807, 2.05) is 18.7 Å². The van der Waals surface area contributed by atoms with Crippen LogP contribution in [0.15, 0.2) is 12.7 Å². The number of carbonyl (C=O) groups excluding carboxylic acids is 1. The van der Waals surface area contributed by atoms with Crippen molar-refractivity contribution in [1.29, 1.82) is 0 Å². The lowest BCUT2D eigenvalue weighted by Crippen LogP contribution is -2.54. The molecule has 3 unspecified atom stereocenters. The Labute approximate surface area is 110 Å². The largest absolute Gasteiger partial charge is 0.368 e. The average Bonchev–Trinajstić information content (AvgIpc) is 2.38. The summed E-state index contributed by atoms with van der Waals surface area (Å²) in [7, 11) is 0. The predicted octanol–water partition coefficient (Wildman–Crippen LogP) is 1.70. The zero-order chi connectivity index (χ0) is 13.5. The highest BCUT2D eigenvalue weighted by Crippen LogP contribution is 2.20. The molecule has 3 atom stereocenters. The molecule has 2 N–H and O–H groups in total. The van der Waals surface area contributed by atoms with Crippen molar-refractivity contribution in [2.45, 2.75) is 57.7 Å². The van der Waals surface area contributed by atoms with Gasteiger partial charge in [-0.25, -0.2) is 0 Å². The summed E-state index contributed by atoms with van der Waals surface area (Å²) in [6, 6.07) is 0.186. The Bertz CT molecular complexity index is 279. The Balaban J connectivity index is 2.53. The fourth-order valence-electron chi connectivity index (χ4n) is 2.41. The number of hydrogen-bond donors (Lipinski definition) is 1. The predicted molar refractivity (Wildman–Crippen MR) is 73.2 cm³/mol. The quantitative estimate of drug-likeness (QED) is 0.580. The normalized spacial score (nSPS) is 23.5. The molecule has 1 amide bonds. The summed E-state index contributed by atoms with van der Waals surface area (Å²) in [5, 5.41) is 0. The third-order valence-electron chi connectivity index (χ3n) is 3.48. The number of piperidine rings is 1. The molecular weight excluding hydrogens is 228 g/mol. The minimum Gasteiger partial charge on any atom is -0.368 e. The maximum atomic E-state index is 12.3. The standard InChI is InChI=1S/C14H26N2O2/c1-4-5-10-18-12(3)14(17)16-9-7-6-8-13(16)11(2)15/h4,11-13H,1,5-10,15H2,2-3H3. The fraction of sp³-hybridized carbons (Fsp3) is 0.786. The smallest absolute Gasteiger partial charge is 0.251 e. The van der Waals surface area contributed by atoms with E-state index >= 15 is 0 Å². The molecule has 4 heteroatoms. The van der Waals surface area contributed by atoms with Gasteiger partial charge in [0, 0.05) is 18.6 Å². The minimum atomic E-state index is -0.385. The van der Waals surface area contributed by atoms with Crippen molar-refractivity contribution >= 4 is 5.91 Å². The van der Waals surface area contributed by atoms with Crippen LogP contribution >= 0.6 is 0 Å². The van der Waals surface area contributed by atoms with Crippen LogP contribution in [-0.2, 0) is 9.53 Å². The van der Waals surface area contributed by atoms with Gasteiger partial charge in [-0.05, 0) is 39.5 Å². The third-order valence-corrected chi connectivity index (χ3v) is 3.48. The van der Waals surface area contributed by atoms with Crippen molar-refractivity contribution in [3.8, 4) is 0 Å². The Hall–Kier alpha value is -0.870. The molecule has 0 aromatic heterocycles. The third kappa shape index (κ3) is 4.10. The number of hydrogen-bond acceptors (Lipinski definition) is 3. The molecular formula is C14H26N2O2. The summed E-state index contributed by atoms with van der Waals surface area (Å²) in [5.74, 6) is 0.0704. The summed E-state index contributed by atoms with van der Waals surface area (Å²) in [6.45, 7) is 8.78. The highest BCUT2D eigenvalue weighted by Gasteiger charge is 2.31. The van der Waals surface area contributed by atoms with Crippen molar-refractivity contribution in [2.75, 3.05) is 13.2 Å². The van der Waals surface area contributed by atoms with Crippen LogP contribution in [0.1, 0.15) is 39.5 Å². The van der Waals surface area contributed by atoms with E-state index in [4.69, 9.17) is 10.5 Å². The maximum Gasteiger partial charge on any atom is 0.251 e. The van der Waals surface area contributed by atoms with E-state index in [0.717, 1.165) is 32.2 Å². The van der Waals surface area contributed by atoms with E-state index in [1.165, 1.54) is 0 Å². The molecule has 0 aromatic rings. The molecule has 104 valence electrons. The van der Waals surface area contributed by atoms with E-state index < -0.39 is 0 Å². The number of rotatable bonds is 6. The second kappa shape index (κ2) is 7.54. The highest BCUT2D eigenvalue weighted by molar-refractivity contribution is 5.81. The van der Waals surface area contributed by atoms with Crippen LogP contribution in [-0.4, -0.2) is 42.1 Å². The van der Waals surface area contributed by atoms with Crippen LogP contribution in [0.25, 0.3) is 0 Å². The SMILES string of the molecule is C=CCCOC(C)C(=O)N1CCCCC1C(C)N. The molecule has 0 bridgehead atoms. The van der Waals surface area contributed by atoms with E-state index in [2.05, 4.69) is 6.58 Å². The van der Waals surface area contributed by atoms with Crippen LogP contribution < -0.4 is 5.73 Å². The second-order valence-corrected chi connectivity index (χ2v) is 5.04. The first-order chi connectivity index (χ1) is 8.57. The van der Waals surface area contributed by atoms with E-state index in [0.29, 0.717) is 6.61 Å². The monoisotopic (exact) mass is 254 g/mol. The van der Waals surface area contributed by atoms with Crippen molar-refractivity contribution in [2.24, 2.45) is 5.73 Å². The molecule has 0 spiro atoms. The number of likely N-dealkylation sites (tertiary alicyclic amines) is 1. The lowest BCUT2D eigenvalue weighted by Gasteiger charge is -2.39. The summed E-state index contributed by atoms with van der Waals surface area (Å²) >= 11 is 0. The molecule has 18 heavy (non-hydrogen) atoms. The zero-order valence-electron chi connectivity index (χ0n) is 11.6. The molecule has 1 heterocycles. The molecule has 0 saturated carbocycles. The zero-order valence-corrected chi connectivity index (χ0v) is 11.6. The van der Waals surface area contributed by atoms with Gasteiger partial charge in [-0.15, -0.1) is 6.58 Å². The van der Waals surface area contributed by atoms with Gasteiger partial charge in [0.2, 0.25) is 0 Å². The van der Waals surface area contributed by atoms with Gasteiger partial charge in [0.05, 0.1) is 6.61 Å². The van der Waals surface area contributed by atoms with Crippen LogP contribution in [0.4, 0.5) is 0 Å². The highest BCUT2D eigenvalue weighted by atomic mass is 16.5. The number of nitrogens with two attached hydrogens (primary N) is 1. The van der Waals surface area contributed by atoms with Gasteiger partial charge < -0.3 is 15.4 Å².